The van der Waals surface area contributed by atoms with Crippen LogP contribution < -0.4 is 5.73 Å². The first-order valence-electron chi connectivity index (χ1n) is 3.77. The van der Waals surface area contributed by atoms with E-state index in [9.17, 15) is 0 Å². The quantitative estimate of drug-likeness (QED) is 0.666. The highest BCUT2D eigenvalue weighted by atomic mass is 16.5. The first-order chi connectivity index (χ1) is 5.62. The molecular weight excluding hydrogens is 156 g/mol. The van der Waals surface area contributed by atoms with Crippen molar-refractivity contribution in [3.63, 3.8) is 0 Å². The SMILES string of the molecule is COC(C)(CN)c1n[nH]c(C)n1. The summed E-state index contributed by atoms with van der Waals surface area (Å²) in [5, 5.41) is 6.73. The number of H-pyrrole nitrogens is 1. The second-order valence-electron chi connectivity index (χ2n) is 2.88. The van der Waals surface area contributed by atoms with Crippen molar-refractivity contribution in [2.24, 2.45) is 5.73 Å². The molecule has 1 aromatic heterocycles. The van der Waals surface area contributed by atoms with Crippen molar-refractivity contribution < 1.29 is 4.74 Å². The Balaban J connectivity index is 2.94. The third kappa shape index (κ3) is 1.46. The molecule has 68 valence electrons. The Morgan fingerprint density at radius 1 is 1.67 bits per heavy atom. The maximum atomic E-state index is 5.54. The molecule has 1 atom stereocenters. The fourth-order valence-electron chi connectivity index (χ4n) is 0.845. The smallest absolute Gasteiger partial charge is 0.183 e. The normalized spacial score (nSPS) is 16.0. The van der Waals surface area contributed by atoms with Gasteiger partial charge in [-0.05, 0) is 13.8 Å². The molecule has 1 heterocycles. The average Bonchev–Trinajstić information content (AvgIpc) is 2.51. The second-order valence-corrected chi connectivity index (χ2v) is 2.88. The molecule has 0 spiro atoms. The highest BCUT2D eigenvalue weighted by Crippen LogP contribution is 2.18. The van der Waals surface area contributed by atoms with E-state index >= 15 is 0 Å². The number of ether oxygens (including phenoxy) is 1. The molecule has 0 aliphatic heterocycles. The molecule has 0 aromatic carbocycles. The zero-order valence-corrected chi connectivity index (χ0v) is 7.59. The van der Waals surface area contributed by atoms with Crippen molar-refractivity contribution in [2.75, 3.05) is 13.7 Å². The molecule has 0 radical (unpaired) electrons. The number of aromatic amines is 1. The van der Waals surface area contributed by atoms with E-state index in [1.165, 1.54) is 0 Å². The van der Waals surface area contributed by atoms with Crippen LogP contribution in [0.3, 0.4) is 0 Å². The zero-order chi connectivity index (χ0) is 9.19. The van der Waals surface area contributed by atoms with Gasteiger partial charge in [0.05, 0.1) is 0 Å². The number of nitrogens with zero attached hydrogens (tertiary/aromatic N) is 2. The second kappa shape index (κ2) is 3.20. The number of nitrogens with two attached hydrogens (primary N) is 1. The minimum absolute atomic E-state index is 0.362. The molecule has 5 nitrogen and oxygen atoms in total. The number of aryl methyl sites for hydroxylation is 1. The van der Waals surface area contributed by atoms with E-state index in [2.05, 4.69) is 15.2 Å². The van der Waals surface area contributed by atoms with Crippen LogP contribution in [0.15, 0.2) is 0 Å². The van der Waals surface area contributed by atoms with Crippen LogP contribution in [0.2, 0.25) is 0 Å². The first-order valence-corrected chi connectivity index (χ1v) is 3.77. The van der Waals surface area contributed by atoms with Gasteiger partial charge in [0.1, 0.15) is 11.4 Å². The van der Waals surface area contributed by atoms with Crippen LogP contribution in [0.5, 0.6) is 0 Å². The molecule has 1 unspecified atom stereocenters. The topological polar surface area (TPSA) is 76.8 Å². The molecule has 1 aromatic rings. The van der Waals surface area contributed by atoms with E-state index in [-0.39, 0.29) is 0 Å². The van der Waals surface area contributed by atoms with E-state index in [0.717, 1.165) is 5.82 Å². The predicted molar refractivity (Wildman–Crippen MR) is 44.5 cm³/mol. The summed E-state index contributed by atoms with van der Waals surface area (Å²) in [6.45, 7) is 4.06. The summed E-state index contributed by atoms with van der Waals surface area (Å²) in [4.78, 5) is 4.15. The van der Waals surface area contributed by atoms with Gasteiger partial charge in [0, 0.05) is 13.7 Å². The molecule has 0 bridgehead atoms. The van der Waals surface area contributed by atoms with E-state index in [4.69, 9.17) is 10.5 Å². The number of hydrogen-bond donors (Lipinski definition) is 2. The molecule has 0 saturated carbocycles. The molecule has 12 heavy (non-hydrogen) atoms. The Labute approximate surface area is 71.3 Å². The van der Waals surface area contributed by atoms with Gasteiger partial charge in [0.2, 0.25) is 0 Å². The van der Waals surface area contributed by atoms with E-state index < -0.39 is 5.60 Å². The van der Waals surface area contributed by atoms with Crippen molar-refractivity contribution in [1.82, 2.24) is 15.2 Å². The summed E-state index contributed by atoms with van der Waals surface area (Å²) < 4.78 is 5.22. The van der Waals surface area contributed by atoms with Gasteiger partial charge in [0.15, 0.2) is 5.82 Å². The van der Waals surface area contributed by atoms with Gasteiger partial charge in [-0.25, -0.2) is 4.98 Å². The minimum atomic E-state index is -0.579. The summed E-state index contributed by atoms with van der Waals surface area (Å²) in [6, 6.07) is 0. The van der Waals surface area contributed by atoms with Crippen molar-refractivity contribution in [2.45, 2.75) is 19.4 Å². The van der Waals surface area contributed by atoms with Crippen LogP contribution in [-0.2, 0) is 10.3 Å². The lowest BCUT2D eigenvalue weighted by atomic mass is 10.1. The number of aromatic nitrogens is 3. The molecule has 5 heteroatoms. The Hall–Kier alpha value is -0.940. The number of methoxy groups -OCH3 is 1. The lowest BCUT2D eigenvalue weighted by Crippen LogP contribution is -2.34. The largest absolute Gasteiger partial charge is 0.369 e. The lowest BCUT2D eigenvalue weighted by molar-refractivity contribution is 0.00272. The lowest BCUT2D eigenvalue weighted by Gasteiger charge is -2.22. The Bertz CT molecular complexity index is 254. The van der Waals surface area contributed by atoms with E-state index in [0.29, 0.717) is 12.4 Å². The number of nitrogens with one attached hydrogen (secondary N) is 1. The molecule has 0 aliphatic rings. The van der Waals surface area contributed by atoms with Gasteiger partial charge >= 0.3 is 0 Å². The van der Waals surface area contributed by atoms with Gasteiger partial charge in [-0.3, -0.25) is 5.10 Å². The summed E-state index contributed by atoms with van der Waals surface area (Å²) in [6.07, 6.45) is 0. The summed E-state index contributed by atoms with van der Waals surface area (Å²) >= 11 is 0. The van der Waals surface area contributed by atoms with Gasteiger partial charge < -0.3 is 10.5 Å². The Kier molecular flexibility index (Phi) is 2.44. The van der Waals surface area contributed by atoms with Crippen molar-refractivity contribution in [1.29, 1.82) is 0 Å². The van der Waals surface area contributed by atoms with Crippen LogP contribution in [0.1, 0.15) is 18.6 Å². The highest BCUT2D eigenvalue weighted by molar-refractivity contribution is 5.01. The summed E-state index contributed by atoms with van der Waals surface area (Å²) in [5.41, 5.74) is 4.96. The fourth-order valence-corrected chi connectivity index (χ4v) is 0.845. The van der Waals surface area contributed by atoms with Crippen LogP contribution >= 0.6 is 0 Å². The van der Waals surface area contributed by atoms with Gasteiger partial charge in [0.25, 0.3) is 0 Å². The summed E-state index contributed by atoms with van der Waals surface area (Å²) in [7, 11) is 1.60. The summed E-state index contributed by atoms with van der Waals surface area (Å²) in [5.74, 6) is 1.37. The zero-order valence-electron chi connectivity index (χ0n) is 7.59. The third-order valence-electron chi connectivity index (χ3n) is 1.91. The monoisotopic (exact) mass is 170 g/mol. The van der Waals surface area contributed by atoms with Crippen LogP contribution in [0, 0.1) is 6.92 Å². The maximum absolute atomic E-state index is 5.54. The number of hydrogen-bond acceptors (Lipinski definition) is 4. The highest BCUT2D eigenvalue weighted by Gasteiger charge is 2.28. The van der Waals surface area contributed by atoms with Crippen molar-refractivity contribution in [3.8, 4) is 0 Å². The number of rotatable bonds is 3. The van der Waals surface area contributed by atoms with Crippen molar-refractivity contribution in [3.05, 3.63) is 11.6 Å². The molecule has 3 N–H and O–H groups in total. The van der Waals surface area contributed by atoms with Crippen LogP contribution in [0.25, 0.3) is 0 Å². The fraction of sp³-hybridized carbons (Fsp3) is 0.714. The molecular formula is C7H14N4O. The molecule has 0 saturated heterocycles. The van der Waals surface area contributed by atoms with Crippen LogP contribution in [-0.4, -0.2) is 28.8 Å². The van der Waals surface area contributed by atoms with Crippen molar-refractivity contribution >= 4 is 0 Å². The van der Waals surface area contributed by atoms with Gasteiger partial charge in [-0.1, -0.05) is 0 Å². The molecule has 0 aliphatic carbocycles. The van der Waals surface area contributed by atoms with E-state index in [1.807, 2.05) is 13.8 Å². The Morgan fingerprint density at radius 2 is 2.33 bits per heavy atom. The van der Waals surface area contributed by atoms with Crippen LogP contribution in [0.4, 0.5) is 0 Å². The Morgan fingerprint density at radius 3 is 2.67 bits per heavy atom. The molecule has 1 rings (SSSR count). The first kappa shape index (κ1) is 9.15. The van der Waals surface area contributed by atoms with Gasteiger partial charge in [-0.2, -0.15) is 5.10 Å². The standard InChI is InChI=1S/C7H14N4O/c1-5-9-6(11-10-5)7(2,4-8)12-3/h4,8H2,1-3H3,(H,9,10,11). The predicted octanol–water partition coefficient (Wildman–Crippen LogP) is -0.0666. The maximum Gasteiger partial charge on any atom is 0.183 e. The average molecular weight is 170 g/mol. The molecule has 0 amide bonds. The minimum Gasteiger partial charge on any atom is -0.369 e. The third-order valence-corrected chi connectivity index (χ3v) is 1.91. The van der Waals surface area contributed by atoms with Gasteiger partial charge in [-0.15, -0.1) is 0 Å². The molecule has 0 fully saturated rings. The van der Waals surface area contributed by atoms with E-state index in [1.54, 1.807) is 7.11 Å².